The maximum atomic E-state index is 11.6. The summed E-state index contributed by atoms with van der Waals surface area (Å²) in [7, 11) is 0. The van der Waals surface area contributed by atoms with Crippen LogP contribution in [0, 0.1) is 11.3 Å². The Labute approximate surface area is 118 Å². The molecule has 0 atom stereocenters. The number of carbonyl (C=O) groups excluding carboxylic acids is 1. The van der Waals surface area contributed by atoms with Gasteiger partial charge in [0.15, 0.2) is 0 Å². The summed E-state index contributed by atoms with van der Waals surface area (Å²) in [6.45, 7) is 12.5. The van der Waals surface area contributed by atoms with Crippen LogP contribution in [0.1, 0.15) is 53.4 Å². The molecule has 1 fully saturated rings. The lowest BCUT2D eigenvalue weighted by molar-refractivity contribution is -0.123. The molecule has 0 aromatic rings. The maximum Gasteiger partial charge on any atom is 0.127 e. The van der Waals surface area contributed by atoms with E-state index in [1.807, 2.05) is 0 Å². The highest BCUT2D eigenvalue weighted by Crippen LogP contribution is 2.31. The van der Waals surface area contributed by atoms with E-state index < -0.39 is 0 Å². The summed E-state index contributed by atoms with van der Waals surface area (Å²) in [5, 5.41) is 0. The lowest BCUT2D eigenvalue weighted by Gasteiger charge is -2.40. The first kappa shape index (κ1) is 16.6. The van der Waals surface area contributed by atoms with Crippen molar-refractivity contribution >= 4 is 6.29 Å². The molecule has 1 saturated heterocycles. The summed E-state index contributed by atoms with van der Waals surface area (Å²) in [4.78, 5) is 14.2. The lowest BCUT2D eigenvalue weighted by atomic mass is 9.80. The number of carbonyl (C=O) groups is 1. The van der Waals surface area contributed by atoms with E-state index >= 15 is 0 Å². The van der Waals surface area contributed by atoms with Crippen molar-refractivity contribution in [1.29, 1.82) is 0 Å². The van der Waals surface area contributed by atoms with E-state index in [-0.39, 0.29) is 5.41 Å². The van der Waals surface area contributed by atoms with Crippen LogP contribution in [-0.4, -0.2) is 43.5 Å². The molecule has 0 amide bonds. The molecule has 1 aliphatic heterocycles. The molecule has 1 rings (SSSR count). The molecule has 0 aromatic heterocycles. The fourth-order valence-electron chi connectivity index (χ4n) is 3.11. The van der Waals surface area contributed by atoms with Crippen LogP contribution in [0.4, 0.5) is 0 Å². The van der Waals surface area contributed by atoms with Crippen LogP contribution in [0.25, 0.3) is 0 Å². The van der Waals surface area contributed by atoms with Gasteiger partial charge in [0, 0.05) is 37.8 Å². The third-order valence-corrected chi connectivity index (χ3v) is 4.32. The Morgan fingerprint density at radius 2 is 1.79 bits per heavy atom. The minimum Gasteiger partial charge on any atom is -0.381 e. The zero-order valence-electron chi connectivity index (χ0n) is 13.2. The lowest BCUT2D eigenvalue weighted by Crippen LogP contribution is -2.47. The van der Waals surface area contributed by atoms with Crippen LogP contribution < -0.4 is 0 Å². The van der Waals surface area contributed by atoms with Crippen molar-refractivity contribution in [3.05, 3.63) is 0 Å². The summed E-state index contributed by atoms with van der Waals surface area (Å²) in [6, 6.07) is 0.599. The molecule has 0 spiro atoms. The van der Waals surface area contributed by atoms with Gasteiger partial charge in [-0.15, -0.1) is 0 Å². The predicted octanol–water partition coefficient (Wildman–Crippen LogP) is 3.13. The molecule has 3 heteroatoms. The van der Waals surface area contributed by atoms with Crippen molar-refractivity contribution in [2.45, 2.75) is 59.4 Å². The summed E-state index contributed by atoms with van der Waals surface area (Å²) in [5.41, 5.74) is -0.171. The molecule has 3 nitrogen and oxygen atoms in total. The molecule has 0 aromatic carbocycles. The molecular weight excluding hydrogens is 238 g/mol. The third kappa shape index (κ3) is 4.88. The first-order valence-corrected chi connectivity index (χ1v) is 7.85. The summed E-state index contributed by atoms with van der Waals surface area (Å²) in [5.74, 6) is 0.643. The van der Waals surface area contributed by atoms with Crippen molar-refractivity contribution in [3.63, 3.8) is 0 Å². The van der Waals surface area contributed by atoms with Crippen LogP contribution >= 0.6 is 0 Å². The average Bonchev–Trinajstić information content (AvgIpc) is 2.40. The van der Waals surface area contributed by atoms with Crippen molar-refractivity contribution in [1.82, 2.24) is 4.90 Å². The van der Waals surface area contributed by atoms with E-state index in [0.29, 0.717) is 12.0 Å². The van der Waals surface area contributed by atoms with Gasteiger partial charge in [0.25, 0.3) is 0 Å². The van der Waals surface area contributed by atoms with Crippen LogP contribution in [0.3, 0.4) is 0 Å². The van der Waals surface area contributed by atoms with Crippen LogP contribution in [0.15, 0.2) is 0 Å². The molecule has 0 radical (unpaired) electrons. The number of hydrogen-bond acceptors (Lipinski definition) is 3. The van der Waals surface area contributed by atoms with Gasteiger partial charge in [-0.1, -0.05) is 27.7 Å². The van der Waals surface area contributed by atoms with Crippen LogP contribution in [0.5, 0.6) is 0 Å². The number of nitrogens with zero attached hydrogens (tertiary/aromatic N) is 1. The van der Waals surface area contributed by atoms with Gasteiger partial charge in [-0.2, -0.15) is 0 Å². The molecule has 0 N–H and O–H groups in total. The highest BCUT2D eigenvalue weighted by molar-refractivity contribution is 5.60. The second-order valence-corrected chi connectivity index (χ2v) is 6.39. The summed E-state index contributed by atoms with van der Waals surface area (Å²) in [6.07, 6.45) is 5.28. The number of ether oxygens (including phenoxy) is 1. The van der Waals surface area contributed by atoms with Crippen LogP contribution in [-0.2, 0) is 9.53 Å². The van der Waals surface area contributed by atoms with E-state index in [9.17, 15) is 4.79 Å². The first-order chi connectivity index (χ1) is 9.06. The van der Waals surface area contributed by atoms with E-state index in [2.05, 4.69) is 32.6 Å². The minimum absolute atomic E-state index is 0.171. The highest BCUT2D eigenvalue weighted by Gasteiger charge is 2.35. The Kier molecular flexibility index (Phi) is 7.01. The summed E-state index contributed by atoms with van der Waals surface area (Å²) >= 11 is 0. The van der Waals surface area contributed by atoms with Gasteiger partial charge >= 0.3 is 0 Å². The van der Waals surface area contributed by atoms with Gasteiger partial charge in [0.1, 0.15) is 6.29 Å². The maximum absolute atomic E-state index is 11.6. The highest BCUT2D eigenvalue weighted by atomic mass is 16.5. The molecular formula is C16H31NO2. The van der Waals surface area contributed by atoms with Gasteiger partial charge in [-0.3, -0.25) is 4.90 Å². The molecule has 0 saturated carbocycles. The van der Waals surface area contributed by atoms with Gasteiger partial charge in [-0.05, 0) is 31.6 Å². The average molecular weight is 269 g/mol. The first-order valence-electron chi connectivity index (χ1n) is 7.85. The number of rotatable bonds is 8. The second kappa shape index (κ2) is 8.01. The predicted molar refractivity (Wildman–Crippen MR) is 79.3 cm³/mol. The minimum atomic E-state index is -0.171. The zero-order valence-corrected chi connectivity index (χ0v) is 13.2. The van der Waals surface area contributed by atoms with E-state index in [4.69, 9.17) is 4.74 Å². The second-order valence-electron chi connectivity index (χ2n) is 6.39. The normalized spacial score (nSPS) is 19.3. The van der Waals surface area contributed by atoms with Gasteiger partial charge in [0.05, 0.1) is 0 Å². The third-order valence-electron chi connectivity index (χ3n) is 4.32. The molecule has 0 aliphatic carbocycles. The van der Waals surface area contributed by atoms with E-state index in [1.165, 1.54) is 6.29 Å². The molecule has 0 bridgehead atoms. The Bertz CT molecular complexity index is 255. The smallest absolute Gasteiger partial charge is 0.127 e. The van der Waals surface area contributed by atoms with Crippen molar-refractivity contribution < 1.29 is 9.53 Å². The molecule has 1 heterocycles. The Hall–Kier alpha value is -0.410. The van der Waals surface area contributed by atoms with E-state index in [0.717, 1.165) is 52.0 Å². The van der Waals surface area contributed by atoms with Gasteiger partial charge in [0.2, 0.25) is 0 Å². The molecule has 19 heavy (non-hydrogen) atoms. The van der Waals surface area contributed by atoms with Crippen molar-refractivity contribution in [2.24, 2.45) is 11.3 Å². The largest absolute Gasteiger partial charge is 0.381 e. The number of hydrogen-bond donors (Lipinski definition) is 0. The molecule has 0 unspecified atom stereocenters. The Balaban J connectivity index is 2.75. The quantitative estimate of drug-likeness (QED) is 0.634. The Morgan fingerprint density at radius 3 is 2.21 bits per heavy atom. The standard InChI is InChI=1S/C16H31NO2/c1-5-15(6-2)17(11-14(3)4)12-16(13-18)7-9-19-10-8-16/h13-15H,5-12H2,1-4H3. The fraction of sp³-hybridized carbons (Fsp3) is 0.938. The molecule has 1 aliphatic rings. The van der Waals surface area contributed by atoms with Crippen molar-refractivity contribution in [2.75, 3.05) is 26.3 Å². The summed E-state index contributed by atoms with van der Waals surface area (Å²) < 4.78 is 5.42. The van der Waals surface area contributed by atoms with E-state index in [1.54, 1.807) is 0 Å². The molecule has 112 valence electrons. The number of aldehydes is 1. The van der Waals surface area contributed by atoms with Gasteiger partial charge < -0.3 is 9.53 Å². The van der Waals surface area contributed by atoms with Crippen LogP contribution in [0.2, 0.25) is 0 Å². The van der Waals surface area contributed by atoms with Crippen molar-refractivity contribution in [3.8, 4) is 0 Å². The topological polar surface area (TPSA) is 29.5 Å². The van der Waals surface area contributed by atoms with Gasteiger partial charge in [-0.25, -0.2) is 0 Å². The SMILES string of the molecule is CCC(CC)N(CC(C)C)CC1(C=O)CCOCC1. The Morgan fingerprint density at radius 1 is 1.21 bits per heavy atom. The fourth-order valence-corrected chi connectivity index (χ4v) is 3.11. The monoisotopic (exact) mass is 269 g/mol. The zero-order chi connectivity index (χ0) is 14.3.